The van der Waals surface area contributed by atoms with Gasteiger partial charge < -0.3 is 0 Å². The zero-order valence-corrected chi connectivity index (χ0v) is 12.2. The molecule has 1 radical (unpaired) electrons. The van der Waals surface area contributed by atoms with Crippen LogP contribution >= 0.6 is 0 Å². The van der Waals surface area contributed by atoms with Crippen molar-refractivity contribution >= 4 is 10.9 Å². The smallest absolute Gasteiger partial charge is 0.0744 e. The highest BCUT2D eigenvalue weighted by Crippen LogP contribution is 2.24. The first-order chi connectivity index (χ1) is 10.8. The van der Waals surface area contributed by atoms with Gasteiger partial charge in [-0.3, -0.25) is 0 Å². The molecule has 0 saturated heterocycles. The molecule has 3 nitrogen and oxygen atoms in total. The lowest BCUT2D eigenvalue weighted by molar-refractivity contribution is 0.880. The third-order valence-electron chi connectivity index (χ3n) is 3.77. The van der Waals surface area contributed by atoms with Gasteiger partial charge in [0.1, 0.15) is 0 Å². The molecule has 22 heavy (non-hydrogen) atoms. The largest absolute Gasteiger partial charge is 0.248 e. The molecular weight excluding hydrogens is 270 g/mol. The molecule has 0 saturated carbocycles. The molecule has 105 valence electrons. The molecule has 0 amide bonds. The van der Waals surface area contributed by atoms with E-state index in [4.69, 9.17) is 4.98 Å². The zero-order chi connectivity index (χ0) is 14.9. The molecule has 0 N–H and O–H groups in total. The highest BCUT2D eigenvalue weighted by molar-refractivity contribution is 5.84. The van der Waals surface area contributed by atoms with Gasteiger partial charge in [-0.15, -0.1) is 0 Å². The zero-order valence-electron chi connectivity index (χ0n) is 12.2. The van der Waals surface area contributed by atoms with Crippen LogP contribution in [0, 0.1) is 13.0 Å². The Morgan fingerprint density at radius 2 is 1.86 bits per heavy atom. The molecule has 0 fully saturated rings. The Bertz CT molecular complexity index is 939. The molecule has 4 aromatic rings. The maximum atomic E-state index is 4.75. The number of hydrogen-bond donors (Lipinski definition) is 0. The highest BCUT2D eigenvalue weighted by Gasteiger charge is 2.07. The number of aromatic nitrogens is 3. The van der Waals surface area contributed by atoms with Gasteiger partial charge in [-0.25, -0.2) is 9.67 Å². The van der Waals surface area contributed by atoms with E-state index in [-0.39, 0.29) is 0 Å². The lowest BCUT2D eigenvalue weighted by Crippen LogP contribution is -1.92. The van der Waals surface area contributed by atoms with E-state index in [9.17, 15) is 0 Å². The number of benzene rings is 2. The van der Waals surface area contributed by atoms with Crippen molar-refractivity contribution in [2.24, 2.45) is 0 Å². The van der Waals surface area contributed by atoms with Gasteiger partial charge in [-0.1, -0.05) is 30.3 Å². The summed E-state index contributed by atoms with van der Waals surface area (Å²) in [5.41, 5.74) is 5.22. The molecule has 0 aliphatic carbocycles. The van der Waals surface area contributed by atoms with Crippen molar-refractivity contribution < 1.29 is 0 Å². The Morgan fingerprint density at radius 3 is 2.73 bits per heavy atom. The number of nitrogens with zero attached hydrogens (tertiary/aromatic N) is 3. The minimum atomic E-state index is 0.949. The van der Waals surface area contributed by atoms with Crippen LogP contribution in [0.4, 0.5) is 0 Å². The standard InChI is InChI=1S/C19H14N3/c1-14-11-19(21-18-10-6-5-9-17(14)18)15-12-20-22(13-15)16-7-3-2-4-8-16/h3-13H,1H3. The second-order valence-corrected chi connectivity index (χ2v) is 5.27. The van der Waals surface area contributed by atoms with Gasteiger partial charge in [-0.05, 0) is 42.8 Å². The van der Waals surface area contributed by atoms with Crippen LogP contribution < -0.4 is 0 Å². The van der Waals surface area contributed by atoms with E-state index in [2.05, 4.69) is 30.2 Å². The lowest BCUT2D eigenvalue weighted by atomic mass is 10.1. The number of fused-ring (bicyclic) bond motifs is 1. The van der Waals surface area contributed by atoms with Crippen molar-refractivity contribution in [3.63, 3.8) is 0 Å². The second-order valence-electron chi connectivity index (χ2n) is 5.27. The number of rotatable bonds is 2. The summed E-state index contributed by atoms with van der Waals surface area (Å²) in [4.78, 5) is 4.75. The van der Waals surface area contributed by atoms with Crippen LogP contribution in [0.3, 0.4) is 0 Å². The fourth-order valence-corrected chi connectivity index (χ4v) is 2.62. The SMILES string of the molecule is Cc1cc(-c2cnn(-c3cc[c]cc3)c2)nc2ccccc12. The third kappa shape index (κ3) is 2.17. The molecule has 0 atom stereocenters. The van der Waals surface area contributed by atoms with Crippen LogP contribution in [0.15, 0.2) is 67.0 Å². The van der Waals surface area contributed by atoms with E-state index in [1.165, 1.54) is 10.9 Å². The summed E-state index contributed by atoms with van der Waals surface area (Å²) in [6.45, 7) is 2.12. The molecule has 0 aliphatic rings. The monoisotopic (exact) mass is 284 g/mol. The summed E-state index contributed by atoms with van der Waals surface area (Å²) in [5, 5.41) is 5.63. The van der Waals surface area contributed by atoms with E-state index in [0.29, 0.717) is 0 Å². The Hall–Kier alpha value is -2.94. The Balaban J connectivity index is 1.81. The predicted molar refractivity (Wildman–Crippen MR) is 87.9 cm³/mol. The molecule has 0 unspecified atom stereocenters. The third-order valence-corrected chi connectivity index (χ3v) is 3.77. The highest BCUT2D eigenvalue weighted by atomic mass is 15.3. The van der Waals surface area contributed by atoms with Crippen molar-refractivity contribution in [1.29, 1.82) is 0 Å². The van der Waals surface area contributed by atoms with Crippen LogP contribution in [0.25, 0.3) is 27.8 Å². The maximum absolute atomic E-state index is 4.75. The first-order valence-electron chi connectivity index (χ1n) is 7.19. The minimum absolute atomic E-state index is 0.949. The molecule has 2 heterocycles. The summed E-state index contributed by atoms with van der Waals surface area (Å²) in [6.07, 6.45) is 3.86. The molecule has 3 heteroatoms. The van der Waals surface area contributed by atoms with Crippen LogP contribution in [-0.2, 0) is 0 Å². The van der Waals surface area contributed by atoms with Gasteiger partial charge in [0.15, 0.2) is 0 Å². The lowest BCUT2D eigenvalue weighted by Gasteiger charge is -2.04. The number of para-hydroxylation sites is 1. The molecular formula is C19H14N3. The average molecular weight is 284 g/mol. The van der Waals surface area contributed by atoms with Crippen molar-refractivity contribution in [3.8, 4) is 16.9 Å². The van der Waals surface area contributed by atoms with Crippen LogP contribution in [0.5, 0.6) is 0 Å². The summed E-state index contributed by atoms with van der Waals surface area (Å²) < 4.78 is 1.86. The Kier molecular flexibility index (Phi) is 2.97. The van der Waals surface area contributed by atoms with E-state index >= 15 is 0 Å². The Morgan fingerprint density at radius 1 is 1.05 bits per heavy atom. The van der Waals surface area contributed by atoms with E-state index in [1.807, 2.05) is 59.5 Å². The average Bonchev–Trinajstić information content (AvgIpc) is 3.06. The normalized spacial score (nSPS) is 11.0. The van der Waals surface area contributed by atoms with Gasteiger partial charge in [0.25, 0.3) is 0 Å². The van der Waals surface area contributed by atoms with Crippen LogP contribution in [0.2, 0.25) is 0 Å². The van der Waals surface area contributed by atoms with E-state index in [1.54, 1.807) is 0 Å². The molecule has 0 aliphatic heterocycles. The number of aryl methyl sites for hydroxylation is 1. The van der Waals surface area contributed by atoms with Gasteiger partial charge in [0.2, 0.25) is 0 Å². The second kappa shape index (κ2) is 5.11. The number of hydrogen-bond acceptors (Lipinski definition) is 2. The predicted octanol–water partition coefficient (Wildman–Crippen LogP) is 4.20. The van der Waals surface area contributed by atoms with Crippen LogP contribution in [0.1, 0.15) is 5.56 Å². The van der Waals surface area contributed by atoms with Crippen LogP contribution in [-0.4, -0.2) is 14.8 Å². The van der Waals surface area contributed by atoms with E-state index in [0.717, 1.165) is 22.5 Å². The molecule has 4 rings (SSSR count). The fraction of sp³-hybridized carbons (Fsp3) is 0.0526. The maximum Gasteiger partial charge on any atom is 0.0744 e. The van der Waals surface area contributed by atoms with Crippen molar-refractivity contribution in [2.75, 3.05) is 0 Å². The van der Waals surface area contributed by atoms with E-state index < -0.39 is 0 Å². The van der Waals surface area contributed by atoms with Gasteiger partial charge in [0.05, 0.1) is 23.1 Å². The van der Waals surface area contributed by atoms with Crippen molar-refractivity contribution in [1.82, 2.24) is 14.8 Å². The molecule has 2 aromatic carbocycles. The quantitative estimate of drug-likeness (QED) is 0.552. The molecule has 0 bridgehead atoms. The first-order valence-corrected chi connectivity index (χ1v) is 7.19. The number of pyridine rings is 1. The van der Waals surface area contributed by atoms with Crippen molar-refractivity contribution in [3.05, 3.63) is 78.6 Å². The summed E-state index contributed by atoms with van der Waals surface area (Å²) in [5.74, 6) is 0. The summed E-state index contributed by atoms with van der Waals surface area (Å²) in [7, 11) is 0. The van der Waals surface area contributed by atoms with Gasteiger partial charge >= 0.3 is 0 Å². The van der Waals surface area contributed by atoms with Gasteiger partial charge in [0, 0.05) is 17.1 Å². The fourth-order valence-electron chi connectivity index (χ4n) is 2.62. The molecule has 2 aromatic heterocycles. The minimum Gasteiger partial charge on any atom is -0.248 e. The summed E-state index contributed by atoms with van der Waals surface area (Å²) >= 11 is 0. The van der Waals surface area contributed by atoms with Gasteiger partial charge in [-0.2, -0.15) is 5.10 Å². The summed E-state index contributed by atoms with van der Waals surface area (Å²) in [6, 6.07) is 21.1. The molecule has 0 spiro atoms. The van der Waals surface area contributed by atoms with Crippen molar-refractivity contribution in [2.45, 2.75) is 6.92 Å². The topological polar surface area (TPSA) is 30.7 Å². The Labute approximate surface area is 128 Å². The first kappa shape index (κ1) is 12.8.